The van der Waals surface area contributed by atoms with Crippen LogP contribution in [-0.2, 0) is 17.5 Å². The maximum Gasteiger partial charge on any atom is 0.416 e. The molecule has 0 saturated heterocycles. The van der Waals surface area contributed by atoms with Gasteiger partial charge in [-0.05, 0) is 69.6 Å². The van der Waals surface area contributed by atoms with E-state index in [0.717, 1.165) is 18.6 Å². The predicted octanol–water partition coefficient (Wildman–Crippen LogP) is 8.45. The van der Waals surface area contributed by atoms with Crippen molar-refractivity contribution in [2.75, 3.05) is 18.3 Å². The lowest BCUT2D eigenvalue weighted by molar-refractivity contribution is -0.157. The van der Waals surface area contributed by atoms with Gasteiger partial charge in [-0.15, -0.1) is 11.6 Å². The summed E-state index contributed by atoms with van der Waals surface area (Å²) in [7, 11) is 0. The minimum atomic E-state index is -4.49. The highest BCUT2D eigenvalue weighted by atomic mass is 35.5. The lowest BCUT2D eigenvalue weighted by atomic mass is 10.0. The summed E-state index contributed by atoms with van der Waals surface area (Å²) in [6, 6.07) is 2.13. The number of rotatable bonds is 14. The summed E-state index contributed by atoms with van der Waals surface area (Å²) in [4.78, 5) is 19.5. The molecule has 1 unspecified atom stereocenters. The number of carbonyl (C=O) groups excluding carboxylic acids is 1. The molecular formula is C29H46ClF6N5O. The summed E-state index contributed by atoms with van der Waals surface area (Å²) in [5.74, 6) is 0.309. The first kappa shape index (κ1) is 41.5. The van der Waals surface area contributed by atoms with Gasteiger partial charge in [0.15, 0.2) is 5.84 Å². The van der Waals surface area contributed by atoms with Crippen LogP contribution in [0, 0.1) is 0 Å². The molecule has 6 nitrogen and oxygen atoms in total. The van der Waals surface area contributed by atoms with Crippen molar-refractivity contribution < 1.29 is 31.1 Å². The van der Waals surface area contributed by atoms with E-state index in [1.165, 1.54) is 13.0 Å². The Labute approximate surface area is 251 Å². The normalized spacial score (nSPS) is 13.1. The number of ketones is 1. The summed E-state index contributed by atoms with van der Waals surface area (Å²) >= 11 is 5.77. The van der Waals surface area contributed by atoms with Gasteiger partial charge in [0.2, 0.25) is 0 Å². The van der Waals surface area contributed by atoms with E-state index in [1.807, 2.05) is 27.7 Å². The van der Waals surface area contributed by atoms with E-state index in [2.05, 4.69) is 27.3 Å². The number of nitrogens with one attached hydrogen (secondary N) is 2. The number of aliphatic imine (C=N–C) groups is 2. The quantitative estimate of drug-likeness (QED) is 0.0481. The molecular weight excluding hydrogens is 584 g/mol. The molecule has 242 valence electrons. The third-order valence-corrected chi connectivity index (χ3v) is 5.65. The molecule has 42 heavy (non-hydrogen) atoms. The molecule has 0 aromatic heterocycles. The van der Waals surface area contributed by atoms with Crippen LogP contribution in [0.1, 0.15) is 91.2 Å². The number of nitrogens with zero attached hydrogens (tertiary/aromatic N) is 2. The molecule has 1 aromatic carbocycles. The van der Waals surface area contributed by atoms with Gasteiger partial charge in [-0.25, -0.2) is 4.99 Å². The van der Waals surface area contributed by atoms with E-state index in [4.69, 9.17) is 17.3 Å². The zero-order valence-corrected chi connectivity index (χ0v) is 26.2. The average molecular weight is 630 g/mol. The molecule has 1 atom stereocenters. The van der Waals surface area contributed by atoms with Crippen LogP contribution < -0.4 is 16.4 Å². The molecule has 1 aromatic rings. The fraction of sp³-hybridized carbons (Fsp3) is 0.621. The van der Waals surface area contributed by atoms with Crippen molar-refractivity contribution >= 4 is 35.6 Å². The molecule has 0 amide bonds. The number of nitrogens with two attached hydrogens (primary N) is 1. The summed E-state index contributed by atoms with van der Waals surface area (Å²) < 4.78 is 75.4. The first-order valence-electron chi connectivity index (χ1n) is 13.9. The highest BCUT2D eigenvalue weighted by molar-refractivity contribution is 6.17. The fourth-order valence-corrected chi connectivity index (χ4v) is 3.76. The maximum absolute atomic E-state index is 13.0. The Balaban J connectivity index is 0. The number of nitrogen functional groups attached to an aromatic ring is 1. The standard InChI is InChI=1S/C19H24ClF3N4O.C8H16F3N.C2H6/c1-4-16(17(27-11-20)6-5-12(2)28)18(25-3)26-10-13-7-14(19(21,22)23)9-15(24)8-13;1-3-5-7(8(9,10)11)12-6-4-2;1-2/h7-9,27H,3-6,10-11,24H2,1-2H3;7,12H,3-6H2,1-2H3;1-2H3/b17-16-,26-18?;;. The van der Waals surface area contributed by atoms with Gasteiger partial charge in [-0.1, -0.05) is 41.0 Å². The van der Waals surface area contributed by atoms with Crippen LogP contribution in [0.15, 0.2) is 39.5 Å². The lowest BCUT2D eigenvalue weighted by Gasteiger charge is -2.20. The van der Waals surface area contributed by atoms with E-state index in [1.54, 1.807) is 6.92 Å². The summed E-state index contributed by atoms with van der Waals surface area (Å²) in [6.07, 6.45) is -5.86. The number of hydrogen-bond acceptors (Lipinski definition) is 5. The molecule has 0 aliphatic heterocycles. The highest BCUT2D eigenvalue weighted by Gasteiger charge is 2.38. The Kier molecular flexibility index (Phi) is 21.8. The Morgan fingerprint density at radius 1 is 1.05 bits per heavy atom. The van der Waals surface area contributed by atoms with Crippen molar-refractivity contribution in [3.63, 3.8) is 0 Å². The first-order valence-corrected chi connectivity index (χ1v) is 14.5. The zero-order valence-electron chi connectivity index (χ0n) is 25.4. The molecule has 0 heterocycles. The number of anilines is 1. The average Bonchev–Trinajstić information content (AvgIpc) is 2.91. The number of carbonyl (C=O) groups is 1. The second-order valence-corrected chi connectivity index (χ2v) is 9.19. The van der Waals surface area contributed by atoms with Gasteiger partial charge >= 0.3 is 12.4 Å². The summed E-state index contributed by atoms with van der Waals surface area (Å²) in [5.41, 5.74) is 6.48. The maximum atomic E-state index is 13.0. The Hall–Kier alpha value is -2.60. The van der Waals surface area contributed by atoms with Crippen LogP contribution in [0.25, 0.3) is 0 Å². The monoisotopic (exact) mass is 629 g/mol. The van der Waals surface area contributed by atoms with Crippen LogP contribution in [0.3, 0.4) is 0 Å². The second kappa shape index (κ2) is 22.0. The van der Waals surface area contributed by atoms with Gasteiger partial charge in [0.25, 0.3) is 0 Å². The number of benzene rings is 1. The number of amidine groups is 1. The molecule has 0 radical (unpaired) electrons. The third-order valence-electron chi connectivity index (χ3n) is 5.51. The highest BCUT2D eigenvalue weighted by Crippen LogP contribution is 2.31. The summed E-state index contributed by atoms with van der Waals surface area (Å²) in [5, 5.41) is 5.48. The van der Waals surface area contributed by atoms with Crippen molar-refractivity contribution in [2.24, 2.45) is 9.98 Å². The smallest absolute Gasteiger partial charge is 0.399 e. The second-order valence-electron chi connectivity index (χ2n) is 8.92. The van der Waals surface area contributed by atoms with E-state index in [9.17, 15) is 31.1 Å². The van der Waals surface area contributed by atoms with Crippen molar-refractivity contribution in [1.82, 2.24) is 10.6 Å². The van der Waals surface area contributed by atoms with Gasteiger partial charge in [-0.2, -0.15) is 26.3 Å². The number of hydrogen-bond donors (Lipinski definition) is 3. The minimum absolute atomic E-state index is 0.00495. The molecule has 1 rings (SSSR count). The van der Waals surface area contributed by atoms with Crippen LogP contribution >= 0.6 is 11.6 Å². The largest absolute Gasteiger partial charge is 0.416 e. The zero-order chi connectivity index (χ0) is 32.9. The van der Waals surface area contributed by atoms with Gasteiger partial charge in [0.05, 0.1) is 18.1 Å². The Morgan fingerprint density at radius 3 is 2.10 bits per heavy atom. The third kappa shape index (κ3) is 17.4. The number of halogens is 7. The van der Waals surface area contributed by atoms with Gasteiger partial charge in [0.1, 0.15) is 11.8 Å². The van der Waals surface area contributed by atoms with Crippen molar-refractivity contribution in [1.29, 1.82) is 0 Å². The molecule has 13 heteroatoms. The molecule has 0 saturated carbocycles. The van der Waals surface area contributed by atoms with E-state index < -0.39 is 24.0 Å². The van der Waals surface area contributed by atoms with Crippen LogP contribution in [-0.4, -0.2) is 43.1 Å². The first-order chi connectivity index (χ1) is 19.6. The number of Topliss-reactive ketones (excluding diaryl/α,β-unsaturated/α-hetero) is 1. The molecule has 0 aliphatic carbocycles. The van der Waals surface area contributed by atoms with Gasteiger partial charge in [0, 0.05) is 23.4 Å². The number of allylic oxidation sites excluding steroid dienone is 1. The topological polar surface area (TPSA) is 91.9 Å². The number of alkyl halides is 7. The van der Waals surface area contributed by atoms with Crippen molar-refractivity contribution in [2.45, 2.75) is 105 Å². The molecule has 0 aliphatic rings. The van der Waals surface area contributed by atoms with Crippen LogP contribution in [0.4, 0.5) is 32.0 Å². The van der Waals surface area contributed by atoms with Crippen LogP contribution in [0.5, 0.6) is 0 Å². The van der Waals surface area contributed by atoms with E-state index in [-0.39, 0.29) is 36.3 Å². The van der Waals surface area contributed by atoms with E-state index >= 15 is 0 Å². The predicted molar refractivity (Wildman–Crippen MR) is 162 cm³/mol. The minimum Gasteiger partial charge on any atom is -0.399 e. The lowest BCUT2D eigenvalue weighted by Crippen LogP contribution is -2.42. The fourth-order valence-electron chi connectivity index (χ4n) is 3.60. The molecule has 0 fully saturated rings. The van der Waals surface area contributed by atoms with Crippen LogP contribution in [0.2, 0.25) is 0 Å². The van der Waals surface area contributed by atoms with Crippen molar-refractivity contribution in [3.05, 3.63) is 40.6 Å². The Bertz CT molecular complexity index is 994. The van der Waals surface area contributed by atoms with E-state index in [0.29, 0.717) is 49.1 Å². The molecule has 0 bridgehead atoms. The Morgan fingerprint density at radius 2 is 1.67 bits per heavy atom. The SMILES string of the molecule is C=NC(=NCc1cc(N)cc(C(F)(F)F)c1)/C(CC)=C(/CCC(C)=O)NCCl.CC.CCCNC(CCC)C(F)(F)F. The molecule has 0 spiro atoms. The van der Waals surface area contributed by atoms with Crippen molar-refractivity contribution in [3.8, 4) is 0 Å². The van der Waals surface area contributed by atoms with Gasteiger partial charge < -0.3 is 21.2 Å². The molecule has 4 N–H and O–H groups in total. The van der Waals surface area contributed by atoms with Gasteiger partial charge in [-0.3, -0.25) is 4.99 Å². The summed E-state index contributed by atoms with van der Waals surface area (Å²) in [6.45, 7) is 14.9.